The molecule has 0 amide bonds. The normalized spacial score (nSPS) is 13.4. The lowest BCUT2D eigenvalue weighted by Crippen LogP contribution is -2.27. The second-order valence-corrected chi connectivity index (χ2v) is 9.64. The molecule has 8 heteroatoms. The first kappa shape index (κ1) is 17.2. The molecule has 1 aromatic heterocycles. The largest absolute Gasteiger partial charge is 0.242 e. The van der Waals surface area contributed by atoms with Crippen LogP contribution in [-0.4, -0.2) is 8.42 Å². The highest BCUT2D eigenvalue weighted by atomic mass is 79.9. The van der Waals surface area contributed by atoms with Crippen molar-refractivity contribution in [1.82, 2.24) is 4.72 Å². The molecule has 0 aliphatic carbocycles. The Morgan fingerprint density at radius 3 is 2.48 bits per heavy atom. The second kappa shape index (κ2) is 6.56. The van der Waals surface area contributed by atoms with E-state index in [1.54, 1.807) is 38.1 Å². The van der Waals surface area contributed by atoms with Gasteiger partial charge in [-0.15, -0.1) is 11.3 Å². The predicted octanol–water partition coefficient (Wildman–Crippen LogP) is 5.17. The summed E-state index contributed by atoms with van der Waals surface area (Å²) in [6.07, 6.45) is 0. The Labute approximate surface area is 146 Å². The molecule has 1 heterocycles. The van der Waals surface area contributed by atoms with Crippen LogP contribution in [0, 0.1) is 6.92 Å². The van der Waals surface area contributed by atoms with Crippen molar-refractivity contribution in [3.8, 4) is 0 Å². The van der Waals surface area contributed by atoms with E-state index < -0.39 is 16.1 Å². The third-order valence-electron chi connectivity index (χ3n) is 2.89. The van der Waals surface area contributed by atoms with Crippen LogP contribution in [0.1, 0.15) is 23.4 Å². The fourth-order valence-corrected chi connectivity index (χ4v) is 6.12. The van der Waals surface area contributed by atoms with Gasteiger partial charge in [-0.2, -0.15) is 0 Å². The van der Waals surface area contributed by atoms with E-state index in [0.29, 0.717) is 15.6 Å². The highest BCUT2D eigenvalue weighted by Gasteiger charge is 2.23. The van der Waals surface area contributed by atoms with Gasteiger partial charge in [0.15, 0.2) is 0 Å². The van der Waals surface area contributed by atoms with Crippen LogP contribution in [0.3, 0.4) is 0 Å². The zero-order chi connectivity index (χ0) is 15.8. The Bertz CT molecular complexity index is 774. The molecule has 0 saturated carbocycles. The second-order valence-electron chi connectivity index (χ2n) is 4.48. The van der Waals surface area contributed by atoms with Gasteiger partial charge in [-0.05, 0) is 53.5 Å². The Morgan fingerprint density at radius 2 is 1.95 bits per heavy atom. The van der Waals surface area contributed by atoms with Crippen LogP contribution < -0.4 is 4.72 Å². The van der Waals surface area contributed by atoms with Crippen LogP contribution in [-0.2, 0) is 10.0 Å². The number of sulfonamides is 1. The topological polar surface area (TPSA) is 46.2 Å². The molecule has 2 aromatic rings. The van der Waals surface area contributed by atoms with Gasteiger partial charge in [0.1, 0.15) is 0 Å². The molecule has 1 atom stereocenters. The number of halogens is 3. The average Bonchev–Trinajstić information content (AvgIpc) is 2.68. The summed E-state index contributed by atoms with van der Waals surface area (Å²) in [5.74, 6) is 0. The first-order valence-electron chi connectivity index (χ1n) is 5.94. The van der Waals surface area contributed by atoms with E-state index >= 15 is 0 Å². The van der Waals surface area contributed by atoms with E-state index in [4.69, 9.17) is 23.2 Å². The average molecular weight is 429 g/mol. The summed E-state index contributed by atoms with van der Waals surface area (Å²) >= 11 is 16.6. The van der Waals surface area contributed by atoms with Gasteiger partial charge in [0.05, 0.1) is 8.68 Å². The molecular formula is C13H12BrCl2NO2S2. The van der Waals surface area contributed by atoms with Crippen molar-refractivity contribution in [2.45, 2.75) is 24.8 Å². The van der Waals surface area contributed by atoms with Crippen LogP contribution >= 0.6 is 50.5 Å². The van der Waals surface area contributed by atoms with Gasteiger partial charge in [-0.25, -0.2) is 13.1 Å². The summed E-state index contributed by atoms with van der Waals surface area (Å²) in [4.78, 5) is 1.00. The van der Waals surface area contributed by atoms with Crippen molar-refractivity contribution in [3.05, 3.63) is 48.5 Å². The molecule has 1 aromatic carbocycles. The molecule has 1 unspecified atom stereocenters. The molecule has 0 saturated heterocycles. The maximum atomic E-state index is 12.4. The Morgan fingerprint density at radius 1 is 1.29 bits per heavy atom. The Balaban J connectivity index is 2.30. The zero-order valence-electron chi connectivity index (χ0n) is 11.2. The van der Waals surface area contributed by atoms with E-state index in [9.17, 15) is 8.42 Å². The quantitative estimate of drug-likeness (QED) is 0.730. The molecule has 114 valence electrons. The van der Waals surface area contributed by atoms with Gasteiger partial charge in [-0.3, -0.25) is 0 Å². The molecule has 21 heavy (non-hydrogen) atoms. The highest BCUT2D eigenvalue weighted by molar-refractivity contribution is 9.11. The maximum absolute atomic E-state index is 12.4. The molecule has 3 nitrogen and oxygen atoms in total. The summed E-state index contributed by atoms with van der Waals surface area (Å²) in [5.41, 5.74) is 0.677. The van der Waals surface area contributed by atoms with Crippen molar-refractivity contribution in [2.24, 2.45) is 0 Å². The number of nitrogens with one attached hydrogen (secondary N) is 1. The molecule has 0 bridgehead atoms. The molecule has 0 spiro atoms. The van der Waals surface area contributed by atoms with Crippen LogP contribution in [0.25, 0.3) is 0 Å². The molecular weight excluding hydrogens is 417 g/mol. The van der Waals surface area contributed by atoms with Crippen molar-refractivity contribution in [2.75, 3.05) is 0 Å². The summed E-state index contributed by atoms with van der Waals surface area (Å²) in [6.45, 7) is 3.51. The van der Waals surface area contributed by atoms with Crippen molar-refractivity contribution in [1.29, 1.82) is 0 Å². The van der Waals surface area contributed by atoms with E-state index in [2.05, 4.69) is 20.7 Å². The van der Waals surface area contributed by atoms with Gasteiger partial charge < -0.3 is 0 Å². The predicted molar refractivity (Wildman–Crippen MR) is 92.0 cm³/mol. The van der Waals surface area contributed by atoms with E-state index in [1.165, 1.54) is 11.3 Å². The Hall–Kier alpha value is -0.110. The summed E-state index contributed by atoms with van der Waals surface area (Å²) in [7, 11) is -3.61. The standard InChI is InChI=1S/C13H12BrCl2NO2S2/c1-7(10-4-3-9(15)5-11(10)16)17-21(18,19)12-6-13(14)20-8(12)2/h3-7,17H,1-2H3. The first-order valence-corrected chi connectivity index (χ1v) is 9.79. The number of thiophene rings is 1. The molecule has 0 aliphatic heterocycles. The minimum atomic E-state index is -3.61. The minimum absolute atomic E-state index is 0.274. The van der Waals surface area contributed by atoms with Gasteiger partial charge in [-0.1, -0.05) is 29.3 Å². The highest BCUT2D eigenvalue weighted by Crippen LogP contribution is 2.31. The molecule has 1 N–H and O–H groups in total. The first-order chi connectivity index (χ1) is 9.70. The maximum Gasteiger partial charge on any atom is 0.242 e. The van der Waals surface area contributed by atoms with E-state index in [0.717, 1.165) is 8.66 Å². The summed E-state index contributed by atoms with van der Waals surface area (Å²) in [5, 5.41) is 0.942. The fraction of sp³-hybridized carbons (Fsp3) is 0.231. The lowest BCUT2D eigenvalue weighted by Gasteiger charge is -2.16. The minimum Gasteiger partial charge on any atom is -0.207 e. The van der Waals surface area contributed by atoms with Crippen LogP contribution in [0.15, 0.2) is 32.9 Å². The third-order valence-corrected chi connectivity index (χ3v) is 6.80. The van der Waals surface area contributed by atoms with Crippen LogP contribution in [0.2, 0.25) is 10.0 Å². The molecule has 0 fully saturated rings. The summed E-state index contributed by atoms with van der Waals surface area (Å²) in [6, 6.07) is 6.13. The van der Waals surface area contributed by atoms with Gasteiger partial charge in [0, 0.05) is 21.0 Å². The third kappa shape index (κ3) is 4.00. The van der Waals surface area contributed by atoms with Crippen molar-refractivity contribution in [3.63, 3.8) is 0 Å². The van der Waals surface area contributed by atoms with Crippen molar-refractivity contribution < 1.29 is 8.42 Å². The monoisotopic (exact) mass is 427 g/mol. The number of aryl methyl sites for hydroxylation is 1. The Kier molecular flexibility index (Phi) is 5.39. The van der Waals surface area contributed by atoms with Gasteiger partial charge in [0.2, 0.25) is 10.0 Å². The number of rotatable bonds is 4. The van der Waals surface area contributed by atoms with E-state index in [-0.39, 0.29) is 4.90 Å². The fourth-order valence-electron chi connectivity index (χ4n) is 1.91. The van der Waals surface area contributed by atoms with E-state index in [1.807, 2.05) is 0 Å². The number of hydrogen-bond donors (Lipinski definition) is 1. The smallest absolute Gasteiger partial charge is 0.207 e. The zero-order valence-corrected chi connectivity index (χ0v) is 15.9. The summed E-state index contributed by atoms with van der Waals surface area (Å²) < 4.78 is 28.3. The molecule has 0 aliphatic rings. The molecule has 2 rings (SSSR count). The SMILES string of the molecule is Cc1sc(Br)cc1S(=O)(=O)NC(C)c1ccc(Cl)cc1Cl. The number of hydrogen-bond acceptors (Lipinski definition) is 3. The molecule has 0 radical (unpaired) electrons. The van der Waals surface area contributed by atoms with Crippen molar-refractivity contribution >= 4 is 60.5 Å². The van der Waals surface area contributed by atoms with Gasteiger partial charge in [0.25, 0.3) is 0 Å². The number of benzene rings is 1. The van der Waals surface area contributed by atoms with Crippen LogP contribution in [0.5, 0.6) is 0 Å². The van der Waals surface area contributed by atoms with Crippen LogP contribution in [0.4, 0.5) is 0 Å². The lowest BCUT2D eigenvalue weighted by atomic mass is 10.1. The lowest BCUT2D eigenvalue weighted by molar-refractivity contribution is 0.567. The van der Waals surface area contributed by atoms with Gasteiger partial charge >= 0.3 is 0 Å².